The third-order valence-corrected chi connectivity index (χ3v) is 12.8. The van der Waals surface area contributed by atoms with Gasteiger partial charge in [0.05, 0.1) is 0 Å². The first-order valence-electron chi connectivity index (χ1n) is 20.7. The van der Waals surface area contributed by atoms with Gasteiger partial charge in [0.2, 0.25) is 0 Å². The Morgan fingerprint density at radius 1 is 0.300 bits per heavy atom. The number of hydrogen-bond donors (Lipinski definition) is 0. The van der Waals surface area contributed by atoms with Crippen LogP contribution in [-0.2, 0) is 0 Å². The molecule has 0 saturated heterocycles. The average molecular weight is 777 g/mol. The van der Waals surface area contributed by atoms with E-state index in [1.807, 2.05) is 0 Å². The van der Waals surface area contributed by atoms with Crippen LogP contribution in [0.1, 0.15) is 33.4 Å². The second kappa shape index (κ2) is 13.6. The lowest BCUT2D eigenvalue weighted by molar-refractivity contribution is 0.664. The molecule has 0 unspecified atom stereocenters. The highest BCUT2D eigenvalue weighted by molar-refractivity contribution is 6.18. The van der Waals surface area contributed by atoms with Crippen LogP contribution in [0, 0.1) is 41.5 Å². The van der Waals surface area contributed by atoms with Crippen molar-refractivity contribution in [2.24, 2.45) is 0 Å². The lowest BCUT2D eigenvalue weighted by Gasteiger charge is -2.29. The number of anilines is 6. The molecule has 2 aromatic heterocycles. The van der Waals surface area contributed by atoms with E-state index in [-0.39, 0.29) is 0 Å². The van der Waals surface area contributed by atoms with Crippen molar-refractivity contribution >= 4 is 99.5 Å². The first-order chi connectivity index (χ1) is 29.2. The van der Waals surface area contributed by atoms with Crippen molar-refractivity contribution in [2.45, 2.75) is 41.5 Å². The molecule has 0 atom stereocenters. The Hall–Kier alpha value is -7.30. The maximum absolute atomic E-state index is 6.69. The molecule has 9 aromatic carbocycles. The van der Waals surface area contributed by atoms with Gasteiger partial charge in [0.25, 0.3) is 0 Å². The number of aryl methyl sites for hydroxylation is 4. The number of nitrogens with zero attached hydrogens (tertiary/aromatic N) is 2. The van der Waals surface area contributed by atoms with Gasteiger partial charge in [-0.3, -0.25) is 0 Å². The Balaban J connectivity index is 1.02. The minimum absolute atomic E-state index is 0.852. The molecule has 4 heteroatoms. The molecule has 0 spiro atoms. The molecule has 11 aromatic rings. The summed E-state index contributed by atoms with van der Waals surface area (Å²) in [6.07, 6.45) is 0. The van der Waals surface area contributed by atoms with E-state index in [9.17, 15) is 0 Å². The van der Waals surface area contributed by atoms with Crippen LogP contribution in [0.4, 0.5) is 34.1 Å². The van der Waals surface area contributed by atoms with Crippen LogP contribution in [0.15, 0.2) is 167 Å². The molecule has 0 radical (unpaired) electrons. The van der Waals surface area contributed by atoms with Gasteiger partial charge >= 0.3 is 0 Å². The van der Waals surface area contributed by atoms with Gasteiger partial charge < -0.3 is 18.6 Å². The van der Waals surface area contributed by atoms with Crippen LogP contribution >= 0.6 is 0 Å². The molecule has 4 nitrogen and oxygen atoms in total. The highest BCUT2D eigenvalue weighted by Gasteiger charge is 2.21. The number of fused-ring (bicyclic) bond motifs is 8. The summed E-state index contributed by atoms with van der Waals surface area (Å²) in [6, 6.07) is 57.0. The summed E-state index contributed by atoms with van der Waals surface area (Å²) in [5.41, 5.74) is 17.8. The van der Waals surface area contributed by atoms with E-state index in [1.165, 1.54) is 56.1 Å². The standard InChI is InChI=1S/C56H44N2O2/c1-33-15-11-19-51(37(33)5)57(49-17-9-7-13-35(49)3)43-23-21-39-27-45-47-31-56-48(32-55(47)59-53(45)29-41(39)25-43)46-28-40-22-24-44(26-42(40)30-54(46)60-56)58(50-18-10-8-14-36(50)4)52-20-12-16-34(2)38(52)6/h7-32H,1-6H3. The summed E-state index contributed by atoms with van der Waals surface area (Å²) in [4.78, 5) is 4.77. The van der Waals surface area contributed by atoms with Gasteiger partial charge in [-0.25, -0.2) is 0 Å². The lowest BCUT2D eigenvalue weighted by Crippen LogP contribution is -2.13. The van der Waals surface area contributed by atoms with Gasteiger partial charge in [-0.05, 0) is 181 Å². The number of hydrogen-bond acceptors (Lipinski definition) is 4. The molecule has 0 fully saturated rings. The van der Waals surface area contributed by atoms with Crippen molar-refractivity contribution in [3.63, 3.8) is 0 Å². The van der Waals surface area contributed by atoms with Gasteiger partial charge in [-0.2, -0.15) is 0 Å². The summed E-state index contributed by atoms with van der Waals surface area (Å²) in [6.45, 7) is 13.1. The highest BCUT2D eigenvalue weighted by atomic mass is 16.3. The molecule has 0 saturated carbocycles. The Labute approximate surface area is 349 Å². The molecule has 60 heavy (non-hydrogen) atoms. The second-order valence-corrected chi connectivity index (χ2v) is 16.5. The normalized spacial score (nSPS) is 11.8. The highest BCUT2D eigenvalue weighted by Crippen LogP contribution is 2.44. The summed E-state index contributed by atoms with van der Waals surface area (Å²) in [7, 11) is 0. The van der Waals surface area contributed by atoms with Gasteiger partial charge in [0, 0.05) is 55.7 Å². The molecule has 11 rings (SSSR count). The molecular formula is C56H44N2O2. The second-order valence-electron chi connectivity index (χ2n) is 16.5. The monoisotopic (exact) mass is 776 g/mol. The summed E-state index contributed by atoms with van der Waals surface area (Å²) >= 11 is 0. The van der Waals surface area contributed by atoms with Crippen LogP contribution in [0.25, 0.3) is 65.4 Å². The van der Waals surface area contributed by atoms with E-state index in [1.54, 1.807) is 0 Å². The minimum atomic E-state index is 0.852. The summed E-state index contributed by atoms with van der Waals surface area (Å²) < 4.78 is 13.4. The average Bonchev–Trinajstić information content (AvgIpc) is 3.78. The number of rotatable bonds is 6. The lowest BCUT2D eigenvalue weighted by atomic mass is 10.0. The maximum Gasteiger partial charge on any atom is 0.136 e. The first kappa shape index (κ1) is 35.8. The van der Waals surface area contributed by atoms with Crippen molar-refractivity contribution in [2.75, 3.05) is 9.80 Å². The molecule has 0 aliphatic heterocycles. The summed E-state index contributed by atoms with van der Waals surface area (Å²) in [5, 5.41) is 8.83. The van der Waals surface area contributed by atoms with Gasteiger partial charge in [0.15, 0.2) is 0 Å². The van der Waals surface area contributed by atoms with Crippen LogP contribution < -0.4 is 9.80 Å². The molecule has 0 amide bonds. The molecular weight excluding hydrogens is 733 g/mol. The zero-order valence-corrected chi connectivity index (χ0v) is 34.7. The Morgan fingerprint density at radius 3 is 1.10 bits per heavy atom. The molecule has 2 heterocycles. The van der Waals surface area contributed by atoms with E-state index in [2.05, 4.69) is 209 Å². The minimum Gasteiger partial charge on any atom is -0.456 e. The number of benzene rings is 9. The van der Waals surface area contributed by atoms with E-state index in [0.717, 1.165) is 76.8 Å². The Kier molecular flexibility index (Phi) is 8.15. The number of furan rings is 2. The zero-order chi connectivity index (χ0) is 40.8. The fraction of sp³-hybridized carbons (Fsp3) is 0.107. The predicted octanol–water partition coefficient (Wildman–Crippen LogP) is 16.6. The largest absolute Gasteiger partial charge is 0.456 e. The summed E-state index contributed by atoms with van der Waals surface area (Å²) in [5.74, 6) is 0. The van der Waals surface area contributed by atoms with E-state index >= 15 is 0 Å². The third-order valence-electron chi connectivity index (χ3n) is 12.8. The first-order valence-corrected chi connectivity index (χ1v) is 20.7. The topological polar surface area (TPSA) is 32.8 Å². The van der Waals surface area contributed by atoms with Crippen molar-refractivity contribution in [1.29, 1.82) is 0 Å². The van der Waals surface area contributed by atoms with Crippen LogP contribution in [-0.4, -0.2) is 0 Å². The quantitative estimate of drug-likeness (QED) is 0.168. The molecule has 0 aliphatic carbocycles. The van der Waals surface area contributed by atoms with Crippen LogP contribution in [0.2, 0.25) is 0 Å². The Bertz CT molecular complexity index is 3300. The van der Waals surface area contributed by atoms with Gasteiger partial charge in [-0.1, -0.05) is 72.8 Å². The third kappa shape index (κ3) is 5.66. The fourth-order valence-corrected chi connectivity index (χ4v) is 9.18. The molecule has 0 bridgehead atoms. The smallest absolute Gasteiger partial charge is 0.136 e. The maximum atomic E-state index is 6.69. The predicted molar refractivity (Wildman–Crippen MR) is 254 cm³/mol. The van der Waals surface area contributed by atoms with Gasteiger partial charge in [0.1, 0.15) is 22.3 Å². The van der Waals surface area contributed by atoms with Crippen molar-refractivity contribution in [3.8, 4) is 0 Å². The fourth-order valence-electron chi connectivity index (χ4n) is 9.18. The van der Waals surface area contributed by atoms with Crippen LogP contribution in [0.5, 0.6) is 0 Å². The van der Waals surface area contributed by atoms with Crippen molar-refractivity contribution < 1.29 is 8.83 Å². The number of para-hydroxylation sites is 2. The van der Waals surface area contributed by atoms with E-state index in [0.29, 0.717) is 0 Å². The van der Waals surface area contributed by atoms with E-state index < -0.39 is 0 Å². The van der Waals surface area contributed by atoms with E-state index in [4.69, 9.17) is 8.83 Å². The SMILES string of the molecule is Cc1ccccc1N(c1ccc2cc3c(cc2c1)oc1cc2c(cc13)oc1cc3cc(N(c4ccccc4C)c4cccc(C)c4C)ccc3cc12)c1cccc(C)c1C. The molecule has 0 aliphatic rings. The zero-order valence-electron chi connectivity index (χ0n) is 34.7. The molecule has 290 valence electrons. The van der Waals surface area contributed by atoms with Gasteiger partial charge in [-0.15, -0.1) is 0 Å². The Morgan fingerprint density at radius 2 is 0.667 bits per heavy atom. The van der Waals surface area contributed by atoms with Crippen molar-refractivity contribution in [3.05, 3.63) is 191 Å². The van der Waals surface area contributed by atoms with Crippen LogP contribution in [0.3, 0.4) is 0 Å². The molecule has 0 N–H and O–H groups in total. The van der Waals surface area contributed by atoms with Crippen molar-refractivity contribution in [1.82, 2.24) is 0 Å².